The zero-order valence-electron chi connectivity index (χ0n) is 7.91. The molecule has 0 atom stereocenters. The van der Waals surface area contributed by atoms with Crippen LogP contribution in [0.15, 0.2) is 24.7 Å². The van der Waals surface area contributed by atoms with Gasteiger partial charge in [-0.05, 0) is 13.0 Å². The Bertz CT molecular complexity index is 293. The lowest BCUT2D eigenvalue weighted by atomic mass is 10.5. The number of nitrogens with zero attached hydrogens (tertiary/aromatic N) is 2. The fourth-order valence-corrected chi connectivity index (χ4v) is 0.861. The average Bonchev–Trinajstić information content (AvgIpc) is 2.76. The highest BCUT2D eigenvalue weighted by Crippen LogP contribution is 1.93. The van der Waals surface area contributed by atoms with Crippen LogP contribution in [0.4, 0.5) is 0 Å². The van der Waals surface area contributed by atoms with Crippen molar-refractivity contribution in [3.8, 4) is 0 Å². The third kappa shape index (κ3) is 3.55. The third-order valence-corrected chi connectivity index (χ3v) is 1.50. The zero-order chi connectivity index (χ0) is 9.52. The van der Waals surface area contributed by atoms with Crippen molar-refractivity contribution < 1.29 is 0 Å². The SMILES string of the molecule is CCc1nc(C)c[nH]1.c1cn[nH]c1. The van der Waals surface area contributed by atoms with Crippen LogP contribution in [-0.4, -0.2) is 20.2 Å². The first-order chi connectivity index (χ1) is 6.33. The number of hydrogen-bond acceptors (Lipinski definition) is 2. The van der Waals surface area contributed by atoms with E-state index in [4.69, 9.17) is 0 Å². The van der Waals surface area contributed by atoms with E-state index in [2.05, 4.69) is 27.1 Å². The molecule has 0 spiro atoms. The van der Waals surface area contributed by atoms with Crippen LogP contribution in [0.3, 0.4) is 0 Å². The summed E-state index contributed by atoms with van der Waals surface area (Å²) in [5, 5.41) is 6.21. The highest BCUT2D eigenvalue weighted by molar-refractivity contribution is 4.97. The van der Waals surface area contributed by atoms with Crippen molar-refractivity contribution in [2.45, 2.75) is 20.3 Å². The normalized spacial score (nSPS) is 9.08. The van der Waals surface area contributed by atoms with Gasteiger partial charge in [0.05, 0.1) is 5.69 Å². The molecule has 2 aromatic heterocycles. The first-order valence-electron chi connectivity index (χ1n) is 4.27. The summed E-state index contributed by atoms with van der Waals surface area (Å²) >= 11 is 0. The molecule has 0 unspecified atom stereocenters. The van der Waals surface area contributed by atoms with Gasteiger partial charge in [-0.25, -0.2) is 4.98 Å². The molecule has 0 bridgehead atoms. The Labute approximate surface area is 77.4 Å². The standard InChI is InChI=1S/C6H10N2.C3H4N2/c1-3-6-7-4-5(2)8-6;1-2-4-5-3-1/h4H,3H2,1-2H3,(H,7,8);1-3H,(H,4,5). The van der Waals surface area contributed by atoms with E-state index in [0.717, 1.165) is 17.9 Å². The quantitative estimate of drug-likeness (QED) is 0.698. The Morgan fingerprint density at radius 2 is 2.31 bits per heavy atom. The molecular formula is C9H14N4. The van der Waals surface area contributed by atoms with Gasteiger partial charge >= 0.3 is 0 Å². The summed E-state index contributed by atoms with van der Waals surface area (Å²) in [6, 6.07) is 1.83. The Balaban J connectivity index is 0.000000145. The maximum Gasteiger partial charge on any atom is 0.106 e. The van der Waals surface area contributed by atoms with Crippen LogP contribution in [0.1, 0.15) is 18.4 Å². The number of hydrogen-bond donors (Lipinski definition) is 2. The van der Waals surface area contributed by atoms with Crippen molar-refractivity contribution in [1.29, 1.82) is 0 Å². The molecule has 0 saturated carbocycles. The molecule has 2 N–H and O–H groups in total. The number of H-pyrrole nitrogens is 2. The zero-order valence-corrected chi connectivity index (χ0v) is 7.91. The lowest BCUT2D eigenvalue weighted by molar-refractivity contribution is 0.982. The van der Waals surface area contributed by atoms with E-state index >= 15 is 0 Å². The minimum absolute atomic E-state index is 0.994. The van der Waals surface area contributed by atoms with Crippen LogP contribution in [0, 0.1) is 6.92 Å². The van der Waals surface area contributed by atoms with Gasteiger partial charge in [-0.2, -0.15) is 5.10 Å². The van der Waals surface area contributed by atoms with Gasteiger partial charge in [0.2, 0.25) is 0 Å². The lowest BCUT2D eigenvalue weighted by Gasteiger charge is -1.80. The van der Waals surface area contributed by atoms with Crippen molar-refractivity contribution in [2.75, 3.05) is 0 Å². The number of nitrogens with one attached hydrogen (secondary N) is 2. The van der Waals surface area contributed by atoms with Crippen LogP contribution >= 0.6 is 0 Å². The van der Waals surface area contributed by atoms with Crippen molar-refractivity contribution in [3.05, 3.63) is 36.2 Å². The fraction of sp³-hybridized carbons (Fsp3) is 0.333. The highest BCUT2D eigenvalue weighted by atomic mass is 15.1. The Kier molecular flexibility index (Phi) is 3.75. The van der Waals surface area contributed by atoms with Crippen molar-refractivity contribution in [1.82, 2.24) is 20.2 Å². The van der Waals surface area contributed by atoms with Crippen LogP contribution in [0.5, 0.6) is 0 Å². The summed E-state index contributed by atoms with van der Waals surface area (Å²) in [4.78, 5) is 7.22. The number of aromatic amines is 2. The van der Waals surface area contributed by atoms with Crippen molar-refractivity contribution >= 4 is 0 Å². The molecule has 4 heteroatoms. The smallest absolute Gasteiger partial charge is 0.106 e. The van der Waals surface area contributed by atoms with Gasteiger partial charge in [-0.15, -0.1) is 0 Å². The van der Waals surface area contributed by atoms with E-state index < -0.39 is 0 Å². The average molecular weight is 178 g/mol. The summed E-state index contributed by atoms with van der Waals surface area (Å²) in [5.74, 6) is 1.07. The molecule has 0 aliphatic rings. The van der Waals surface area contributed by atoms with Gasteiger partial charge in [0.15, 0.2) is 0 Å². The molecule has 0 aliphatic heterocycles. The molecule has 0 amide bonds. The molecular weight excluding hydrogens is 164 g/mol. The van der Waals surface area contributed by atoms with Gasteiger partial charge in [-0.3, -0.25) is 5.10 Å². The fourth-order valence-electron chi connectivity index (χ4n) is 0.861. The molecule has 0 radical (unpaired) electrons. The van der Waals surface area contributed by atoms with E-state index in [1.54, 1.807) is 12.4 Å². The minimum Gasteiger partial charge on any atom is -0.348 e. The van der Waals surface area contributed by atoms with Crippen LogP contribution in [0.2, 0.25) is 0 Å². The molecule has 2 heterocycles. The summed E-state index contributed by atoms with van der Waals surface area (Å²) in [5.41, 5.74) is 1.07. The largest absolute Gasteiger partial charge is 0.348 e. The molecule has 0 aromatic carbocycles. The predicted molar refractivity (Wildman–Crippen MR) is 51.3 cm³/mol. The molecule has 2 rings (SSSR count). The molecule has 2 aromatic rings. The number of rotatable bonds is 1. The summed E-state index contributed by atoms with van der Waals surface area (Å²) in [7, 11) is 0. The Morgan fingerprint density at radius 1 is 1.46 bits per heavy atom. The molecule has 13 heavy (non-hydrogen) atoms. The molecule has 4 nitrogen and oxygen atoms in total. The molecule has 70 valence electrons. The van der Waals surface area contributed by atoms with Crippen LogP contribution in [-0.2, 0) is 6.42 Å². The molecule has 0 fully saturated rings. The van der Waals surface area contributed by atoms with E-state index in [1.807, 2.05) is 19.2 Å². The van der Waals surface area contributed by atoms with E-state index in [9.17, 15) is 0 Å². The molecule has 0 aliphatic carbocycles. The second-order valence-corrected chi connectivity index (χ2v) is 2.61. The minimum atomic E-state index is 0.994. The first-order valence-corrected chi connectivity index (χ1v) is 4.27. The van der Waals surface area contributed by atoms with Gasteiger partial charge in [0.25, 0.3) is 0 Å². The third-order valence-electron chi connectivity index (χ3n) is 1.50. The van der Waals surface area contributed by atoms with E-state index in [-0.39, 0.29) is 0 Å². The number of aromatic nitrogens is 4. The van der Waals surface area contributed by atoms with Gasteiger partial charge in [-0.1, -0.05) is 6.92 Å². The van der Waals surface area contributed by atoms with Crippen molar-refractivity contribution in [2.24, 2.45) is 0 Å². The topological polar surface area (TPSA) is 57.4 Å². The maximum absolute atomic E-state index is 4.17. The van der Waals surface area contributed by atoms with Crippen LogP contribution in [0.25, 0.3) is 0 Å². The highest BCUT2D eigenvalue weighted by Gasteiger charge is 1.89. The van der Waals surface area contributed by atoms with Gasteiger partial charge < -0.3 is 4.98 Å². The summed E-state index contributed by atoms with van der Waals surface area (Å²) < 4.78 is 0. The summed E-state index contributed by atoms with van der Waals surface area (Å²) in [6.07, 6.45) is 6.37. The lowest BCUT2D eigenvalue weighted by Crippen LogP contribution is -1.80. The second kappa shape index (κ2) is 5.13. The van der Waals surface area contributed by atoms with Crippen molar-refractivity contribution in [3.63, 3.8) is 0 Å². The van der Waals surface area contributed by atoms with E-state index in [1.165, 1.54) is 0 Å². The summed E-state index contributed by atoms with van der Waals surface area (Å²) in [6.45, 7) is 4.06. The molecule has 0 saturated heterocycles. The van der Waals surface area contributed by atoms with E-state index in [0.29, 0.717) is 0 Å². The van der Waals surface area contributed by atoms with Gasteiger partial charge in [0.1, 0.15) is 5.82 Å². The number of imidazole rings is 1. The maximum atomic E-state index is 4.17. The first kappa shape index (κ1) is 9.51. The van der Waals surface area contributed by atoms with Gasteiger partial charge in [0, 0.05) is 25.0 Å². The second-order valence-electron chi connectivity index (χ2n) is 2.61. The number of aryl methyl sites for hydroxylation is 2. The monoisotopic (exact) mass is 178 g/mol. The predicted octanol–water partition coefficient (Wildman–Crippen LogP) is 1.69. The van der Waals surface area contributed by atoms with Crippen LogP contribution < -0.4 is 0 Å². The Morgan fingerprint density at radius 3 is 2.54 bits per heavy atom. The Hall–Kier alpha value is -1.58.